The Labute approximate surface area is 129 Å². The Morgan fingerprint density at radius 2 is 2.09 bits per heavy atom. The van der Waals surface area contributed by atoms with Gasteiger partial charge in [-0.2, -0.15) is 18.3 Å². The number of aromatic nitrogens is 3. The maximum atomic E-state index is 12.4. The molecule has 0 aromatic carbocycles. The predicted octanol–water partition coefficient (Wildman–Crippen LogP) is 2.76. The Morgan fingerprint density at radius 3 is 2.65 bits per heavy atom. The maximum absolute atomic E-state index is 12.4. The lowest BCUT2D eigenvalue weighted by molar-refractivity contribution is -0.141. The Hall–Kier alpha value is -2.45. The van der Waals surface area contributed by atoms with E-state index in [1.54, 1.807) is 6.92 Å². The van der Waals surface area contributed by atoms with Crippen molar-refractivity contribution in [2.45, 2.75) is 25.7 Å². The number of amides is 1. The van der Waals surface area contributed by atoms with Gasteiger partial charge in [0, 0.05) is 12.4 Å². The van der Waals surface area contributed by atoms with E-state index in [9.17, 15) is 22.4 Å². The number of alkyl halides is 4. The van der Waals surface area contributed by atoms with Crippen molar-refractivity contribution in [3.05, 3.63) is 47.5 Å². The zero-order valence-corrected chi connectivity index (χ0v) is 12.1. The van der Waals surface area contributed by atoms with Gasteiger partial charge < -0.3 is 5.32 Å². The molecule has 2 aromatic rings. The SMILES string of the molecule is C[C@H](NC(=O)c1ccn(CCF)n1)c1ccc(C(F)(F)F)nc1. The first-order valence-corrected chi connectivity index (χ1v) is 6.74. The average molecular weight is 330 g/mol. The van der Waals surface area contributed by atoms with Gasteiger partial charge in [0.15, 0.2) is 0 Å². The van der Waals surface area contributed by atoms with Crippen molar-refractivity contribution in [3.63, 3.8) is 0 Å². The normalized spacial score (nSPS) is 12.9. The highest BCUT2D eigenvalue weighted by molar-refractivity contribution is 5.92. The lowest BCUT2D eigenvalue weighted by atomic mass is 10.1. The van der Waals surface area contributed by atoms with Crippen molar-refractivity contribution in [2.75, 3.05) is 6.67 Å². The monoisotopic (exact) mass is 330 g/mol. The van der Waals surface area contributed by atoms with E-state index < -0.39 is 30.5 Å². The van der Waals surface area contributed by atoms with Crippen LogP contribution >= 0.6 is 0 Å². The minimum absolute atomic E-state index is 0.0473. The van der Waals surface area contributed by atoms with E-state index in [0.717, 1.165) is 12.3 Å². The van der Waals surface area contributed by atoms with E-state index in [4.69, 9.17) is 0 Å². The molecule has 0 bridgehead atoms. The summed E-state index contributed by atoms with van der Waals surface area (Å²) in [5.74, 6) is -0.505. The maximum Gasteiger partial charge on any atom is 0.433 e. The van der Waals surface area contributed by atoms with E-state index in [0.29, 0.717) is 5.56 Å². The molecule has 124 valence electrons. The molecular weight excluding hydrogens is 316 g/mol. The average Bonchev–Trinajstić information content (AvgIpc) is 2.95. The van der Waals surface area contributed by atoms with Crippen LogP contribution < -0.4 is 5.32 Å². The van der Waals surface area contributed by atoms with Gasteiger partial charge in [-0.25, -0.2) is 4.39 Å². The summed E-state index contributed by atoms with van der Waals surface area (Å²) in [6.07, 6.45) is -1.97. The minimum atomic E-state index is -4.51. The number of carbonyl (C=O) groups excluding carboxylic acids is 1. The standard InChI is InChI=1S/C14H14F4N4O/c1-9(10-2-3-12(19-8-10)14(16,17)18)20-13(23)11-4-6-22(21-11)7-5-15/h2-4,6,8-9H,5,7H2,1H3,(H,20,23)/t9-/m0/s1. The van der Waals surface area contributed by atoms with Crippen LogP contribution in [0.15, 0.2) is 30.6 Å². The van der Waals surface area contributed by atoms with Crippen LogP contribution in [0.25, 0.3) is 0 Å². The third-order valence-electron chi connectivity index (χ3n) is 3.11. The molecule has 2 heterocycles. The van der Waals surface area contributed by atoms with Crippen molar-refractivity contribution in [2.24, 2.45) is 0 Å². The molecular formula is C14H14F4N4O. The number of hydrogen-bond acceptors (Lipinski definition) is 3. The number of pyridine rings is 1. The van der Waals surface area contributed by atoms with Gasteiger partial charge in [-0.3, -0.25) is 14.5 Å². The van der Waals surface area contributed by atoms with Gasteiger partial charge >= 0.3 is 6.18 Å². The Bertz CT molecular complexity index is 666. The summed E-state index contributed by atoms with van der Waals surface area (Å²) in [5.41, 5.74) is -0.468. The summed E-state index contributed by atoms with van der Waals surface area (Å²) < 4.78 is 50.8. The highest BCUT2D eigenvalue weighted by Crippen LogP contribution is 2.27. The number of hydrogen-bond donors (Lipinski definition) is 1. The highest BCUT2D eigenvalue weighted by atomic mass is 19.4. The van der Waals surface area contributed by atoms with E-state index in [1.165, 1.54) is 23.0 Å². The van der Waals surface area contributed by atoms with Crippen LogP contribution in [0.1, 0.15) is 34.7 Å². The van der Waals surface area contributed by atoms with Gasteiger partial charge in [0.2, 0.25) is 0 Å². The molecule has 2 aromatic heterocycles. The van der Waals surface area contributed by atoms with Gasteiger partial charge in [0.25, 0.3) is 5.91 Å². The first-order chi connectivity index (χ1) is 10.8. The van der Waals surface area contributed by atoms with Crippen LogP contribution in [0.3, 0.4) is 0 Å². The minimum Gasteiger partial charge on any atom is -0.344 e. The lowest BCUT2D eigenvalue weighted by Gasteiger charge is -2.14. The summed E-state index contributed by atoms with van der Waals surface area (Å²) in [6, 6.07) is 2.99. The molecule has 1 amide bonds. The molecule has 1 atom stereocenters. The second-order valence-corrected chi connectivity index (χ2v) is 4.82. The number of nitrogens with one attached hydrogen (secondary N) is 1. The van der Waals surface area contributed by atoms with Gasteiger partial charge in [0.05, 0.1) is 12.6 Å². The van der Waals surface area contributed by atoms with Crippen molar-refractivity contribution in [1.82, 2.24) is 20.1 Å². The third kappa shape index (κ3) is 4.27. The topological polar surface area (TPSA) is 59.8 Å². The molecule has 0 saturated carbocycles. The van der Waals surface area contributed by atoms with Gasteiger partial charge in [-0.05, 0) is 24.6 Å². The quantitative estimate of drug-likeness (QED) is 0.858. The zero-order chi connectivity index (χ0) is 17.0. The number of halogens is 4. The molecule has 23 heavy (non-hydrogen) atoms. The van der Waals surface area contributed by atoms with Crippen LogP contribution in [0, 0.1) is 0 Å². The second kappa shape index (κ2) is 6.76. The predicted molar refractivity (Wildman–Crippen MR) is 73.3 cm³/mol. The Kier molecular flexibility index (Phi) is 4.97. The second-order valence-electron chi connectivity index (χ2n) is 4.82. The van der Waals surface area contributed by atoms with E-state index in [1.807, 2.05) is 0 Å². The number of rotatable bonds is 5. The first-order valence-electron chi connectivity index (χ1n) is 6.74. The molecule has 0 aliphatic carbocycles. The summed E-state index contributed by atoms with van der Waals surface area (Å²) in [6.45, 7) is 1.06. The molecule has 0 aliphatic rings. The fourth-order valence-electron chi connectivity index (χ4n) is 1.88. The molecule has 0 saturated heterocycles. The Morgan fingerprint density at radius 1 is 1.35 bits per heavy atom. The Balaban J connectivity index is 2.02. The summed E-state index contributed by atoms with van der Waals surface area (Å²) in [7, 11) is 0. The van der Waals surface area contributed by atoms with Crippen LogP contribution in [0.2, 0.25) is 0 Å². The zero-order valence-electron chi connectivity index (χ0n) is 12.1. The van der Waals surface area contributed by atoms with Gasteiger partial charge in [-0.1, -0.05) is 6.07 Å². The van der Waals surface area contributed by atoms with Gasteiger partial charge in [0.1, 0.15) is 18.1 Å². The van der Waals surface area contributed by atoms with Gasteiger partial charge in [-0.15, -0.1) is 0 Å². The summed E-state index contributed by atoms with van der Waals surface area (Å²) >= 11 is 0. The smallest absolute Gasteiger partial charge is 0.344 e. The largest absolute Gasteiger partial charge is 0.433 e. The van der Waals surface area contributed by atoms with Crippen molar-refractivity contribution in [1.29, 1.82) is 0 Å². The molecule has 1 N–H and O–H groups in total. The van der Waals surface area contributed by atoms with Crippen molar-refractivity contribution in [3.8, 4) is 0 Å². The summed E-state index contributed by atoms with van der Waals surface area (Å²) in [4.78, 5) is 15.3. The molecule has 0 aliphatic heterocycles. The highest BCUT2D eigenvalue weighted by Gasteiger charge is 2.32. The number of aryl methyl sites for hydroxylation is 1. The lowest BCUT2D eigenvalue weighted by Crippen LogP contribution is -2.27. The molecule has 0 spiro atoms. The molecule has 5 nitrogen and oxygen atoms in total. The molecule has 0 unspecified atom stereocenters. The molecule has 0 fully saturated rings. The number of carbonyl (C=O) groups is 1. The fourth-order valence-corrected chi connectivity index (χ4v) is 1.88. The van der Waals surface area contributed by atoms with E-state index in [-0.39, 0.29) is 12.2 Å². The molecule has 0 radical (unpaired) electrons. The van der Waals surface area contributed by atoms with Crippen molar-refractivity contribution >= 4 is 5.91 Å². The fraction of sp³-hybridized carbons (Fsp3) is 0.357. The van der Waals surface area contributed by atoms with Crippen LogP contribution in [-0.2, 0) is 12.7 Å². The van der Waals surface area contributed by atoms with Crippen LogP contribution in [-0.4, -0.2) is 27.3 Å². The van der Waals surface area contributed by atoms with Crippen LogP contribution in [0.4, 0.5) is 17.6 Å². The molecule has 9 heteroatoms. The van der Waals surface area contributed by atoms with E-state index >= 15 is 0 Å². The molecule has 2 rings (SSSR count). The third-order valence-corrected chi connectivity index (χ3v) is 3.11. The van der Waals surface area contributed by atoms with E-state index in [2.05, 4.69) is 15.4 Å². The van der Waals surface area contributed by atoms with Crippen molar-refractivity contribution < 1.29 is 22.4 Å². The first kappa shape index (κ1) is 16.9. The van der Waals surface area contributed by atoms with Crippen LogP contribution in [0.5, 0.6) is 0 Å². The summed E-state index contributed by atoms with van der Waals surface area (Å²) in [5, 5.41) is 6.49. The number of nitrogens with zero attached hydrogens (tertiary/aromatic N) is 3.